The molecule has 0 spiro atoms. The Morgan fingerprint density at radius 1 is 1.18 bits per heavy atom. The van der Waals surface area contributed by atoms with Gasteiger partial charge < -0.3 is 20.1 Å². The summed E-state index contributed by atoms with van der Waals surface area (Å²) in [5, 5.41) is 6.82. The van der Waals surface area contributed by atoms with E-state index in [0.29, 0.717) is 17.3 Å². The average molecular weight is 466 g/mol. The molecule has 3 aromatic rings. The lowest BCUT2D eigenvalue weighted by molar-refractivity contribution is -0.116. The van der Waals surface area contributed by atoms with E-state index in [2.05, 4.69) is 64.3 Å². The lowest BCUT2D eigenvalue weighted by atomic mass is 9.99. The molecular formula is C25H28FN5OS. The molecule has 2 unspecified atom stereocenters. The molecule has 1 aromatic carbocycles. The molecule has 4 rings (SSSR count). The molecule has 8 heteroatoms. The van der Waals surface area contributed by atoms with Crippen molar-refractivity contribution < 1.29 is 9.18 Å². The Morgan fingerprint density at radius 2 is 1.94 bits per heavy atom. The molecule has 172 valence electrons. The zero-order valence-electron chi connectivity index (χ0n) is 19.0. The fourth-order valence-electron chi connectivity index (χ4n) is 3.99. The Labute approximate surface area is 198 Å². The van der Waals surface area contributed by atoms with Crippen molar-refractivity contribution in [2.45, 2.75) is 44.8 Å². The lowest BCUT2D eigenvalue weighted by Crippen LogP contribution is -2.32. The monoisotopic (exact) mass is 465 g/mol. The molecule has 0 saturated carbocycles. The summed E-state index contributed by atoms with van der Waals surface area (Å²) >= 11 is 5.68. The average Bonchev–Trinajstić information content (AvgIpc) is 3.39. The number of thiocarbonyl (C=S) groups is 1. The molecule has 2 N–H and O–H groups in total. The van der Waals surface area contributed by atoms with Gasteiger partial charge >= 0.3 is 0 Å². The Hall–Kier alpha value is -3.26. The van der Waals surface area contributed by atoms with E-state index in [9.17, 15) is 9.18 Å². The lowest BCUT2D eigenvalue weighted by Gasteiger charge is -2.27. The molecule has 0 radical (unpaired) electrons. The van der Waals surface area contributed by atoms with E-state index in [-0.39, 0.29) is 35.8 Å². The minimum absolute atomic E-state index is 0.0504. The second-order valence-corrected chi connectivity index (χ2v) is 9.53. The number of hydrogen-bond acceptors (Lipinski definition) is 3. The van der Waals surface area contributed by atoms with Gasteiger partial charge in [-0.2, -0.15) is 0 Å². The third kappa shape index (κ3) is 5.22. The number of anilines is 1. The number of carbonyl (C=O) groups is 1. The second kappa shape index (κ2) is 9.31. The van der Waals surface area contributed by atoms with Crippen LogP contribution in [0.4, 0.5) is 10.1 Å². The van der Waals surface area contributed by atoms with E-state index < -0.39 is 0 Å². The minimum atomic E-state index is -0.341. The van der Waals surface area contributed by atoms with Gasteiger partial charge in [-0.15, -0.1) is 0 Å². The molecule has 3 heterocycles. The number of aromatic nitrogens is 2. The first-order valence-electron chi connectivity index (χ1n) is 10.9. The van der Waals surface area contributed by atoms with Crippen LogP contribution in [0, 0.1) is 5.82 Å². The maximum absolute atomic E-state index is 13.1. The van der Waals surface area contributed by atoms with Crippen LogP contribution in [-0.4, -0.2) is 32.0 Å². The molecule has 1 aliphatic heterocycles. The van der Waals surface area contributed by atoms with Crippen LogP contribution in [0.5, 0.6) is 0 Å². The molecule has 33 heavy (non-hydrogen) atoms. The predicted molar refractivity (Wildman–Crippen MR) is 131 cm³/mol. The Bertz CT molecular complexity index is 1120. The van der Waals surface area contributed by atoms with Gasteiger partial charge in [0, 0.05) is 42.8 Å². The largest absolute Gasteiger partial charge is 0.352 e. The van der Waals surface area contributed by atoms with Crippen molar-refractivity contribution >= 4 is 28.9 Å². The van der Waals surface area contributed by atoms with Gasteiger partial charge in [-0.25, -0.2) is 4.39 Å². The van der Waals surface area contributed by atoms with Crippen molar-refractivity contribution in [1.29, 1.82) is 0 Å². The highest BCUT2D eigenvalue weighted by molar-refractivity contribution is 7.80. The van der Waals surface area contributed by atoms with Crippen LogP contribution < -0.4 is 10.6 Å². The number of amides is 1. The van der Waals surface area contributed by atoms with Gasteiger partial charge in [-0.1, -0.05) is 6.07 Å². The Morgan fingerprint density at radius 3 is 2.58 bits per heavy atom. The summed E-state index contributed by atoms with van der Waals surface area (Å²) < 4.78 is 15.3. The van der Waals surface area contributed by atoms with Crippen molar-refractivity contribution in [1.82, 2.24) is 19.8 Å². The van der Waals surface area contributed by atoms with E-state index in [0.717, 1.165) is 11.3 Å². The number of nitrogens with zero attached hydrogens (tertiary/aromatic N) is 3. The van der Waals surface area contributed by atoms with Crippen molar-refractivity contribution in [3.8, 4) is 0 Å². The van der Waals surface area contributed by atoms with Crippen molar-refractivity contribution in [3.63, 3.8) is 0 Å². The minimum Gasteiger partial charge on any atom is -0.352 e. The standard InChI is InChI=1S/C25H28FN5OS/c1-25(2,3)30-14-11-17(16-30)23-22(20-6-4-5-13-27-20)29-24(33)31(23)15-12-21(32)28-19-9-7-18(26)8-10-19/h4-11,13-14,16,22-23H,12,15H2,1-3H3,(H,28,32)(H,29,33). The molecule has 0 bridgehead atoms. The Kier molecular flexibility index (Phi) is 6.47. The predicted octanol–water partition coefficient (Wildman–Crippen LogP) is 4.78. The van der Waals surface area contributed by atoms with Crippen molar-refractivity contribution in [2.75, 3.05) is 11.9 Å². The maximum Gasteiger partial charge on any atom is 0.226 e. The van der Waals surface area contributed by atoms with E-state index in [1.165, 1.54) is 12.1 Å². The van der Waals surface area contributed by atoms with E-state index in [1.54, 1.807) is 18.3 Å². The molecule has 0 aliphatic carbocycles. The van der Waals surface area contributed by atoms with Gasteiger partial charge in [0.2, 0.25) is 5.91 Å². The molecule has 2 aromatic heterocycles. The summed E-state index contributed by atoms with van der Waals surface area (Å²) in [7, 11) is 0. The normalized spacial score (nSPS) is 18.3. The molecule has 1 amide bonds. The van der Waals surface area contributed by atoms with E-state index >= 15 is 0 Å². The number of pyridine rings is 1. The highest BCUT2D eigenvalue weighted by atomic mass is 32.1. The fourth-order valence-corrected chi connectivity index (χ4v) is 4.33. The summed E-state index contributed by atoms with van der Waals surface area (Å²) in [6.45, 7) is 6.90. The van der Waals surface area contributed by atoms with Crippen LogP contribution >= 0.6 is 12.2 Å². The Balaban J connectivity index is 1.55. The SMILES string of the molecule is CC(C)(C)n1ccc(C2C(c3ccccn3)NC(=S)N2CCC(=O)Nc2ccc(F)cc2)c1. The summed E-state index contributed by atoms with van der Waals surface area (Å²) in [6.07, 6.45) is 6.23. The number of halogens is 1. The summed E-state index contributed by atoms with van der Waals surface area (Å²) in [5.74, 6) is -0.496. The van der Waals surface area contributed by atoms with E-state index in [4.69, 9.17) is 12.2 Å². The van der Waals surface area contributed by atoms with Gasteiger partial charge in [0.05, 0.1) is 17.8 Å². The quantitative estimate of drug-likeness (QED) is 0.513. The molecule has 1 aliphatic rings. The molecular weight excluding hydrogens is 437 g/mol. The van der Waals surface area contributed by atoms with Crippen molar-refractivity contribution in [2.24, 2.45) is 0 Å². The number of benzene rings is 1. The van der Waals surface area contributed by atoms with Crippen LogP contribution in [0.15, 0.2) is 67.1 Å². The summed E-state index contributed by atoms with van der Waals surface area (Å²) in [4.78, 5) is 19.2. The zero-order valence-corrected chi connectivity index (χ0v) is 19.8. The first-order chi connectivity index (χ1) is 15.7. The second-order valence-electron chi connectivity index (χ2n) is 9.15. The summed E-state index contributed by atoms with van der Waals surface area (Å²) in [5.41, 5.74) is 2.51. The van der Waals surface area contributed by atoms with Gasteiger partial charge in [0.15, 0.2) is 5.11 Å². The smallest absolute Gasteiger partial charge is 0.226 e. The topological polar surface area (TPSA) is 62.2 Å². The van der Waals surface area contributed by atoms with Gasteiger partial charge in [-0.3, -0.25) is 9.78 Å². The first-order valence-corrected chi connectivity index (χ1v) is 11.3. The molecule has 1 fully saturated rings. The zero-order chi connectivity index (χ0) is 23.6. The summed E-state index contributed by atoms with van der Waals surface area (Å²) in [6, 6.07) is 13.4. The highest BCUT2D eigenvalue weighted by Gasteiger charge is 2.40. The fraction of sp³-hybridized carbons (Fsp3) is 0.320. The number of hydrogen-bond donors (Lipinski definition) is 2. The van der Waals surface area contributed by atoms with Crippen molar-refractivity contribution in [3.05, 3.63) is 84.2 Å². The number of rotatable bonds is 6. The maximum atomic E-state index is 13.1. The van der Waals surface area contributed by atoms with Crippen LogP contribution in [0.1, 0.15) is 50.5 Å². The van der Waals surface area contributed by atoms with Crippen LogP contribution in [0.3, 0.4) is 0 Å². The number of carbonyl (C=O) groups excluding carboxylic acids is 1. The van der Waals surface area contributed by atoms with Gasteiger partial charge in [0.25, 0.3) is 0 Å². The van der Waals surface area contributed by atoms with Crippen LogP contribution in [0.25, 0.3) is 0 Å². The number of nitrogens with one attached hydrogen (secondary N) is 2. The first kappa shape index (κ1) is 22.9. The third-order valence-corrected chi connectivity index (χ3v) is 6.09. The van der Waals surface area contributed by atoms with Crippen LogP contribution in [0.2, 0.25) is 0 Å². The molecule has 1 saturated heterocycles. The highest BCUT2D eigenvalue weighted by Crippen LogP contribution is 2.39. The van der Waals surface area contributed by atoms with Gasteiger partial charge in [0.1, 0.15) is 5.82 Å². The van der Waals surface area contributed by atoms with E-state index in [1.807, 2.05) is 18.2 Å². The van der Waals surface area contributed by atoms with Gasteiger partial charge in [-0.05, 0) is 81.0 Å². The molecule has 6 nitrogen and oxygen atoms in total. The third-order valence-electron chi connectivity index (χ3n) is 5.74. The van der Waals surface area contributed by atoms with Crippen LogP contribution in [-0.2, 0) is 10.3 Å². The molecule has 2 atom stereocenters.